The minimum atomic E-state index is -0.0303. The Bertz CT molecular complexity index is 594. The summed E-state index contributed by atoms with van der Waals surface area (Å²) in [5, 5.41) is 12.2. The van der Waals surface area contributed by atoms with E-state index in [0.717, 1.165) is 9.16 Å². The van der Waals surface area contributed by atoms with Crippen LogP contribution < -0.4 is 4.43 Å². The zero-order valence-electron chi connectivity index (χ0n) is 9.49. The summed E-state index contributed by atoms with van der Waals surface area (Å²) in [4.78, 5) is 11.8. The van der Waals surface area contributed by atoms with Gasteiger partial charge in [-0.15, -0.1) is 23.5 Å². The minimum absolute atomic E-state index is 0.0303. The number of fused-ring (bicyclic) bond motifs is 1. The summed E-state index contributed by atoms with van der Waals surface area (Å²) < 4.78 is 1.58. The number of thioether (sulfide) groups is 2. The molecule has 17 heavy (non-hydrogen) atoms. The van der Waals surface area contributed by atoms with Gasteiger partial charge in [0.05, 0.1) is 9.01 Å². The lowest BCUT2D eigenvalue weighted by Crippen LogP contribution is -2.20. The van der Waals surface area contributed by atoms with Crippen molar-refractivity contribution in [2.45, 2.75) is 4.58 Å². The van der Waals surface area contributed by atoms with Gasteiger partial charge in [-0.05, 0) is 18.6 Å². The fourth-order valence-electron chi connectivity index (χ4n) is 1.70. The Morgan fingerprint density at radius 3 is 2.59 bits per heavy atom. The third-order valence-corrected chi connectivity index (χ3v) is 4.99. The van der Waals surface area contributed by atoms with Gasteiger partial charge in [-0.1, -0.05) is 12.1 Å². The van der Waals surface area contributed by atoms with Gasteiger partial charge < -0.3 is 9.94 Å². The fourth-order valence-corrected chi connectivity index (χ4v) is 3.26. The molecule has 0 aliphatic carbocycles. The maximum absolute atomic E-state index is 12.2. The second-order valence-electron chi connectivity index (χ2n) is 3.47. The van der Waals surface area contributed by atoms with E-state index in [1.807, 2.05) is 12.5 Å². The van der Waals surface area contributed by atoms with Crippen molar-refractivity contribution in [3.05, 3.63) is 46.3 Å². The topological polar surface area (TPSA) is 51.0 Å². The Balaban J connectivity index is 2.75. The monoisotopic (exact) mass is 268 g/mol. The van der Waals surface area contributed by atoms with Gasteiger partial charge in [0.15, 0.2) is 0 Å². The molecule has 0 radical (unpaired) electrons. The molecule has 1 aromatic carbocycles. The predicted octanol–water partition coefficient (Wildman–Crippen LogP) is 2.63. The lowest BCUT2D eigenvalue weighted by Gasteiger charge is -2.20. The summed E-state index contributed by atoms with van der Waals surface area (Å²) in [6, 6.07) is 6.82. The standard InChI is InChI=1S/C11H12N2O2S2/c1-16-11(17-2)10-7-12(14)8-5-3-4-6-9(8)13(10)15/h3-7,11H,1-2H3. The Morgan fingerprint density at radius 1 is 1.29 bits per heavy atom. The summed E-state index contributed by atoms with van der Waals surface area (Å²) in [5.41, 5.74) is 1.29. The highest BCUT2D eigenvalue weighted by Crippen LogP contribution is 2.35. The highest BCUT2D eigenvalue weighted by molar-refractivity contribution is 8.15. The molecule has 90 valence electrons. The number of para-hydroxylation sites is 2. The van der Waals surface area contributed by atoms with Crippen LogP contribution in [0.5, 0.6) is 0 Å². The summed E-state index contributed by atoms with van der Waals surface area (Å²) >= 11 is 3.09. The fraction of sp³-hybridized carbons (Fsp3) is 0.273. The molecule has 4 nitrogen and oxygen atoms in total. The second kappa shape index (κ2) is 5.01. The van der Waals surface area contributed by atoms with E-state index in [4.69, 9.17) is 0 Å². The maximum Gasteiger partial charge on any atom is 0.285 e. The van der Waals surface area contributed by atoms with Gasteiger partial charge in [-0.2, -0.15) is 0 Å². The molecule has 2 rings (SSSR count). The summed E-state index contributed by atoms with van der Waals surface area (Å²) in [6.07, 6.45) is 5.21. The summed E-state index contributed by atoms with van der Waals surface area (Å²) in [7, 11) is 0. The van der Waals surface area contributed by atoms with Gasteiger partial charge in [0.2, 0.25) is 6.20 Å². The number of benzene rings is 1. The molecule has 1 heterocycles. The average molecular weight is 268 g/mol. The van der Waals surface area contributed by atoms with Crippen LogP contribution in [-0.4, -0.2) is 17.2 Å². The van der Waals surface area contributed by atoms with Crippen molar-refractivity contribution in [3.8, 4) is 0 Å². The molecule has 2 aromatic rings. The third kappa shape index (κ3) is 2.14. The number of aromatic nitrogens is 2. The van der Waals surface area contributed by atoms with E-state index in [9.17, 15) is 10.1 Å². The second-order valence-corrected chi connectivity index (χ2v) is 5.65. The smallest absolute Gasteiger partial charge is 0.285 e. The van der Waals surface area contributed by atoms with E-state index in [2.05, 4.69) is 0 Å². The first-order valence-electron chi connectivity index (χ1n) is 4.99. The van der Waals surface area contributed by atoms with E-state index in [-0.39, 0.29) is 4.58 Å². The Morgan fingerprint density at radius 2 is 1.94 bits per heavy atom. The number of hydrogen-bond donors (Lipinski definition) is 0. The van der Waals surface area contributed by atoms with Crippen molar-refractivity contribution in [3.63, 3.8) is 0 Å². The molecule has 0 unspecified atom stereocenters. The first kappa shape index (κ1) is 12.3. The lowest BCUT2D eigenvalue weighted by atomic mass is 10.3. The molecule has 0 spiro atoms. The molecule has 0 fully saturated rings. The molecule has 0 aliphatic rings. The molecule has 1 aromatic heterocycles. The van der Waals surface area contributed by atoms with E-state index in [0.29, 0.717) is 16.7 Å². The highest BCUT2D eigenvalue weighted by Gasteiger charge is 2.17. The maximum atomic E-state index is 12.2. The van der Waals surface area contributed by atoms with Gasteiger partial charge in [-0.3, -0.25) is 0 Å². The van der Waals surface area contributed by atoms with Crippen molar-refractivity contribution in [1.29, 1.82) is 0 Å². The summed E-state index contributed by atoms with van der Waals surface area (Å²) in [5.74, 6) is 0. The Hall–Kier alpha value is -1.14. The molecule has 0 aliphatic heterocycles. The Labute approximate surface area is 107 Å². The number of rotatable bonds is 3. The first-order valence-corrected chi connectivity index (χ1v) is 7.56. The van der Waals surface area contributed by atoms with E-state index in [1.54, 1.807) is 47.8 Å². The molecule has 0 bridgehead atoms. The van der Waals surface area contributed by atoms with Crippen molar-refractivity contribution in [1.82, 2.24) is 4.73 Å². The molecule has 6 heteroatoms. The molecular weight excluding hydrogens is 256 g/mol. The molecule has 0 atom stereocenters. The van der Waals surface area contributed by atoms with Crippen LogP contribution >= 0.6 is 23.5 Å². The lowest BCUT2D eigenvalue weighted by molar-refractivity contribution is -0.465. The minimum Gasteiger partial charge on any atom is -0.805 e. The highest BCUT2D eigenvalue weighted by atomic mass is 32.2. The zero-order chi connectivity index (χ0) is 12.4. The summed E-state index contributed by atoms with van der Waals surface area (Å²) in [6.45, 7) is 0. The van der Waals surface area contributed by atoms with Crippen LogP contribution in [0.15, 0.2) is 30.5 Å². The van der Waals surface area contributed by atoms with Crippen molar-refractivity contribution >= 4 is 34.6 Å². The van der Waals surface area contributed by atoms with E-state index < -0.39 is 0 Å². The van der Waals surface area contributed by atoms with Crippen LogP contribution in [0.2, 0.25) is 0 Å². The predicted molar refractivity (Wildman–Crippen MR) is 73.8 cm³/mol. The Kier molecular flexibility index (Phi) is 3.63. The number of hydrogen-bond acceptors (Lipinski definition) is 4. The SMILES string of the molecule is CSC(SC)c1c[n+](=O)c2ccccc2n1[O-]. The normalized spacial score (nSPS) is 11.2. The van der Waals surface area contributed by atoms with Crippen LogP contribution in [0.1, 0.15) is 10.3 Å². The van der Waals surface area contributed by atoms with Gasteiger partial charge >= 0.3 is 0 Å². The van der Waals surface area contributed by atoms with E-state index in [1.165, 1.54) is 6.20 Å². The molecule has 0 N–H and O–H groups in total. The molecule has 0 amide bonds. The van der Waals surface area contributed by atoms with Crippen LogP contribution in [-0.2, 0) is 0 Å². The van der Waals surface area contributed by atoms with Crippen molar-refractivity contribution in [2.75, 3.05) is 12.5 Å². The number of nitrogens with zero attached hydrogens (tertiary/aromatic N) is 2. The molecule has 0 saturated carbocycles. The molecular formula is C11H12N2O2S2. The van der Waals surface area contributed by atoms with Gasteiger partial charge in [0, 0.05) is 11.0 Å². The third-order valence-electron chi connectivity index (χ3n) is 2.49. The van der Waals surface area contributed by atoms with Gasteiger partial charge in [-0.25, -0.2) is 0 Å². The first-order chi connectivity index (χ1) is 8.19. The van der Waals surface area contributed by atoms with Crippen molar-refractivity contribution < 1.29 is 4.43 Å². The van der Waals surface area contributed by atoms with Crippen molar-refractivity contribution in [2.24, 2.45) is 0 Å². The largest absolute Gasteiger partial charge is 0.805 e. The van der Waals surface area contributed by atoms with Crippen LogP contribution in [0.25, 0.3) is 11.0 Å². The average Bonchev–Trinajstić information content (AvgIpc) is 2.37. The van der Waals surface area contributed by atoms with Gasteiger partial charge in [0.1, 0.15) is 11.2 Å². The quantitative estimate of drug-likeness (QED) is 0.634. The zero-order valence-corrected chi connectivity index (χ0v) is 11.1. The van der Waals surface area contributed by atoms with Crippen LogP contribution in [0.3, 0.4) is 0 Å². The molecule has 0 saturated heterocycles. The van der Waals surface area contributed by atoms with Crippen LogP contribution in [0.4, 0.5) is 0 Å². The van der Waals surface area contributed by atoms with E-state index >= 15 is 0 Å². The van der Waals surface area contributed by atoms with Crippen LogP contribution in [0, 0.1) is 10.1 Å². The van der Waals surface area contributed by atoms with Gasteiger partial charge in [0.25, 0.3) is 5.52 Å².